The number of hydrogen-bond acceptors (Lipinski definition) is 2. The highest BCUT2D eigenvalue weighted by molar-refractivity contribution is 5.22. The van der Waals surface area contributed by atoms with Gasteiger partial charge in [0.25, 0.3) is 0 Å². The van der Waals surface area contributed by atoms with Crippen molar-refractivity contribution in [3.05, 3.63) is 54.7 Å². The van der Waals surface area contributed by atoms with Crippen molar-refractivity contribution in [2.45, 2.75) is 25.7 Å². The van der Waals surface area contributed by atoms with Gasteiger partial charge in [-0.25, -0.2) is 4.98 Å². The largest absolute Gasteiger partial charge is 0.348 e. The minimum atomic E-state index is 0.339. The normalized spacial score (nSPS) is 14.1. The quantitative estimate of drug-likeness (QED) is 0.709. The summed E-state index contributed by atoms with van der Waals surface area (Å²) in [5, 5.41) is 0. The Morgan fingerprint density at radius 3 is 3.00 bits per heavy atom. The molecule has 0 saturated carbocycles. The minimum absolute atomic E-state index is 0.339. The third kappa shape index (κ3) is 4.41. The number of imidazole rings is 1. The van der Waals surface area contributed by atoms with Crippen molar-refractivity contribution in [1.29, 1.82) is 0 Å². The Morgan fingerprint density at radius 1 is 1.65 bits per heavy atom. The molecule has 92 valence electrons. The molecule has 1 heterocycles. The van der Waals surface area contributed by atoms with E-state index in [4.69, 9.17) is 5.73 Å². The summed E-state index contributed by atoms with van der Waals surface area (Å²) in [7, 11) is 0. The van der Waals surface area contributed by atoms with E-state index in [1.807, 2.05) is 31.3 Å². The molecule has 1 rings (SSSR count). The standard InChI is InChI=1S/C14H21N3/c1-3-5-6-12(4-2)7-8-13(9-15)14-10-16-11-17-14/h3-6,10-11,13H,2,7-9,15H2,1H3,(H,16,17)/b5-3-,12-6+. The van der Waals surface area contributed by atoms with Gasteiger partial charge in [0.15, 0.2) is 0 Å². The Kier molecular flexibility index (Phi) is 6.04. The SMILES string of the molecule is C=C/C(=C\C=C/C)CCC(CN)c1cnc[nH]1. The average Bonchev–Trinajstić information content (AvgIpc) is 2.87. The van der Waals surface area contributed by atoms with Crippen molar-refractivity contribution >= 4 is 0 Å². The van der Waals surface area contributed by atoms with E-state index in [0.717, 1.165) is 18.5 Å². The van der Waals surface area contributed by atoms with E-state index in [2.05, 4.69) is 22.6 Å². The maximum atomic E-state index is 5.78. The number of aromatic amines is 1. The Balaban J connectivity index is 2.55. The first-order chi connectivity index (χ1) is 8.31. The summed E-state index contributed by atoms with van der Waals surface area (Å²) in [6, 6.07) is 0. The predicted octanol–water partition coefficient (Wildman–Crippen LogP) is 2.92. The number of allylic oxidation sites excluding steroid dienone is 5. The van der Waals surface area contributed by atoms with Crippen LogP contribution in [0, 0.1) is 0 Å². The molecule has 0 saturated heterocycles. The van der Waals surface area contributed by atoms with Crippen molar-refractivity contribution in [2.24, 2.45) is 5.73 Å². The van der Waals surface area contributed by atoms with Gasteiger partial charge in [0.05, 0.1) is 6.33 Å². The molecule has 1 aromatic heterocycles. The Morgan fingerprint density at radius 2 is 2.47 bits per heavy atom. The first-order valence-electron chi connectivity index (χ1n) is 5.94. The van der Waals surface area contributed by atoms with Crippen LogP contribution in [0.4, 0.5) is 0 Å². The van der Waals surface area contributed by atoms with Crippen LogP contribution in [0.5, 0.6) is 0 Å². The van der Waals surface area contributed by atoms with E-state index in [9.17, 15) is 0 Å². The van der Waals surface area contributed by atoms with E-state index >= 15 is 0 Å². The van der Waals surface area contributed by atoms with Crippen LogP contribution in [0.25, 0.3) is 0 Å². The smallest absolute Gasteiger partial charge is 0.0921 e. The van der Waals surface area contributed by atoms with Gasteiger partial charge in [0.2, 0.25) is 0 Å². The second-order valence-corrected chi connectivity index (χ2v) is 3.95. The molecule has 0 bridgehead atoms. The van der Waals surface area contributed by atoms with E-state index < -0.39 is 0 Å². The molecular formula is C14H21N3. The Labute approximate surface area is 103 Å². The lowest BCUT2D eigenvalue weighted by atomic mass is 9.97. The highest BCUT2D eigenvalue weighted by Crippen LogP contribution is 2.20. The fraction of sp³-hybridized carbons (Fsp3) is 0.357. The fourth-order valence-electron chi connectivity index (χ4n) is 1.70. The molecule has 0 aliphatic carbocycles. The van der Waals surface area contributed by atoms with Crippen molar-refractivity contribution in [1.82, 2.24) is 9.97 Å². The third-order valence-electron chi connectivity index (χ3n) is 2.79. The lowest BCUT2D eigenvalue weighted by molar-refractivity contribution is 0.621. The van der Waals surface area contributed by atoms with Crippen molar-refractivity contribution in [3.8, 4) is 0 Å². The number of aromatic nitrogens is 2. The van der Waals surface area contributed by atoms with Gasteiger partial charge in [-0.05, 0) is 25.3 Å². The molecule has 0 aliphatic rings. The maximum absolute atomic E-state index is 5.78. The Bertz CT molecular complexity index is 374. The second kappa shape index (κ2) is 7.63. The van der Waals surface area contributed by atoms with Crippen LogP contribution in [-0.2, 0) is 0 Å². The van der Waals surface area contributed by atoms with Crippen molar-refractivity contribution in [3.63, 3.8) is 0 Å². The van der Waals surface area contributed by atoms with Gasteiger partial charge >= 0.3 is 0 Å². The van der Waals surface area contributed by atoms with Crippen LogP contribution in [-0.4, -0.2) is 16.5 Å². The highest BCUT2D eigenvalue weighted by Gasteiger charge is 2.10. The maximum Gasteiger partial charge on any atom is 0.0921 e. The number of hydrogen-bond donors (Lipinski definition) is 2. The zero-order chi connectivity index (χ0) is 12.5. The van der Waals surface area contributed by atoms with Gasteiger partial charge < -0.3 is 10.7 Å². The summed E-state index contributed by atoms with van der Waals surface area (Å²) >= 11 is 0. The van der Waals surface area contributed by atoms with Gasteiger partial charge in [-0.1, -0.05) is 30.9 Å². The molecule has 1 atom stereocenters. The number of nitrogens with two attached hydrogens (primary N) is 1. The molecule has 0 amide bonds. The predicted molar refractivity (Wildman–Crippen MR) is 72.7 cm³/mol. The van der Waals surface area contributed by atoms with E-state index in [0.29, 0.717) is 12.5 Å². The van der Waals surface area contributed by atoms with Crippen LogP contribution in [0.3, 0.4) is 0 Å². The van der Waals surface area contributed by atoms with E-state index in [1.165, 1.54) is 5.57 Å². The average molecular weight is 231 g/mol. The molecule has 0 aromatic carbocycles. The first kappa shape index (κ1) is 13.5. The van der Waals surface area contributed by atoms with Gasteiger partial charge in [0, 0.05) is 24.4 Å². The first-order valence-corrected chi connectivity index (χ1v) is 5.94. The highest BCUT2D eigenvalue weighted by atomic mass is 14.9. The number of nitrogens with one attached hydrogen (secondary N) is 1. The molecule has 1 unspecified atom stereocenters. The molecule has 3 heteroatoms. The fourth-order valence-corrected chi connectivity index (χ4v) is 1.70. The lowest BCUT2D eigenvalue weighted by Gasteiger charge is -2.12. The van der Waals surface area contributed by atoms with Gasteiger partial charge in [0.1, 0.15) is 0 Å². The van der Waals surface area contributed by atoms with E-state index in [1.54, 1.807) is 6.33 Å². The summed E-state index contributed by atoms with van der Waals surface area (Å²) in [6.45, 7) is 6.47. The van der Waals surface area contributed by atoms with Crippen LogP contribution in [0.1, 0.15) is 31.4 Å². The zero-order valence-electron chi connectivity index (χ0n) is 10.4. The molecule has 0 aliphatic heterocycles. The lowest BCUT2D eigenvalue weighted by Crippen LogP contribution is -2.13. The van der Waals surface area contributed by atoms with Gasteiger partial charge in [-0.15, -0.1) is 0 Å². The molecule has 3 N–H and O–H groups in total. The summed E-state index contributed by atoms with van der Waals surface area (Å²) in [5.74, 6) is 0.339. The molecule has 3 nitrogen and oxygen atoms in total. The molecule has 17 heavy (non-hydrogen) atoms. The number of nitrogens with zero attached hydrogens (tertiary/aromatic N) is 1. The molecule has 1 aromatic rings. The molecule has 0 spiro atoms. The van der Waals surface area contributed by atoms with Crippen molar-refractivity contribution < 1.29 is 0 Å². The zero-order valence-corrected chi connectivity index (χ0v) is 10.4. The van der Waals surface area contributed by atoms with Crippen molar-refractivity contribution in [2.75, 3.05) is 6.54 Å². The topological polar surface area (TPSA) is 54.7 Å². The van der Waals surface area contributed by atoms with Crippen LogP contribution in [0.2, 0.25) is 0 Å². The van der Waals surface area contributed by atoms with Crippen LogP contribution < -0.4 is 5.73 Å². The summed E-state index contributed by atoms with van der Waals surface area (Å²) < 4.78 is 0. The molecule has 0 fully saturated rings. The molecular weight excluding hydrogens is 210 g/mol. The number of H-pyrrole nitrogens is 1. The minimum Gasteiger partial charge on any atom is -0.348 e. The van der Waals surface area contributed by atoms with Crippen LogP contribution in [0.15, 0.2) is 49.0 Å². The monoisotopic (exact) mass is 231 g/mol. The summed E-state index contributed by atoms with van der Waals surface area (Å²) in [4.78, 5) is 7.15. The number of rotatable bonds is 7. The molecule has 0 radical (unpaired) electrons. The van der Waals surface area contributed by atoms with Gasteiger partial charge in [-0.3, -0.25) is 0 Å². The summed E-state index contributed by atoms with van der Waals surface area (Å²) in [5.41, 5.74) is 8.13. The summed E-state index contributed by atoms with van der Waals surface area (Å²) in [6.07, 6.45) is 13.6. The van der Waals surface area contributed by atoms with Gasteiger partial charge in [-0.2, -0.15) is 0 Å². The van der Waals surface area contributed by atoms with E-state index in [-0.39, 0.29) is 0 Å². The Hall–Kier alpha value is -1.61. The third-order valence-corrected chi connectivity index (χ3v) is 2.79. The van der Waals surface area contributed by atoms with Crippen LogP contribution >= 0.6 is 0 Å². The second-order valence-electron chi connectivity index (χ2n) is 3.95.